The maximum atomic E-state index is 9.79. The Balaban J connectivity index is 1.93. The smallest absolute Gasteiger partial charge is 0.339 e. The summed E-state index contributed by atoms with van der Waals surface area (Å²) in [6, 6.07) is 11.5. The number of fused-ring (bicyclic) bond motifs is 1. The van der Waals surface area contributed by atoms with Gasteiger partial charge in [0.1, 0.15) is 0 Å². The zero-order chi connectivity index (χ0) is 20.5. The minimum absolute atomic E-state index is 0.0635. The number of nitrogen functional groups attached to an aromatic ring is 1. The van der Waals surface area contributed by atoms with Crippen molar-refractivity contribution >= 4 is 17.4 Å². The Morgan fingerprint density at radius 1 is 1.10 bits per heavy atom. The van der Waals surface area contributed by atoms with Crippen LogP contribution < -0.4 is 10.7 Å². The van der Waals surface area contributed by atoms with Crippen molar-refractivity contribution in [1.29, 1.82) is 0 Å². The van der Waals surface area contributed by atoms with E-state index in [-0.39, 0.29) is 19.3 Å². The number of nitrogens with zero attached hydrogens (tertiary/aromatic N) is 4. The second kappa shape index (κ2) is 7.65. The van der Waals surface area contributed by atoms with E-state index in [0.717, 1.165) is 16.7 Å². The van der Waals surface area contributed by atoms with Crippen molar-refractivity contribution in [3.05, 3.63) is 70.1 Å². The molecule has 0 fully saturated rings. The lowest BCUT2D eigenvalue weighted by Gasteiger charge is -2.20. The lowest BCUT2D eigenvalue weighted by Crippen LogP contribution is -2.29. The quantitative estimate of drug-likeness (QED) is 0.581. The lowest BCUT2D eigenvalue weighted by molar-refractivity contribution is 0.260. The van der Waals surface area contributed by atoms with Crippen LogP contribution in [0.3, 0.4) is 0 Å². The number of aliphatic hydroxyl groups is 2. The molecule has 0 saturated heterocycles. The maximum absolute atomic E-state index is 9.79. The molecule has 0 amide bonds. The van der Waals surface area contributed by atoms with Gasteiger partial charge in [-0.05, 0) is 48.2 Å². The first-order chi connectivity index (χ1) is 14.0. The molecule has 1 aromatic heterocycles. The molecule has 29 heavy (non-hydrogen) atoms. The first kappa shape index (κ1) is 19.1. The monoisotopic (exact) mass is 393 g/mol. The average molecular weight is 393 g/mol. The third-order valence-electron chi connectivity index (χ3n) is 5.06. The van der Waals surface area contributed by atoms with E-state index in [1.807, 2.05) is 43.3 Å². The number of nitrogens with two attached hydrogens (primary N) is 1. The summed E-state index contributed by atoms with van der Waals surface area (Å²) in [5.74, 6) is 0.461. The summed E-state index contributed by atoms with van der Waals surface area (Å²) in [6.07, 6.45) is 0.650. The van der Waals surface area contributed by atoms with Crippen LogP contribution in [0.15, 0.2) is 45.9 Å². The van der Waals surface area contributed by atoms with E-state index in [1.165, 1.54) is 0 Å². The van der Waals surface area contributed by atoms with Crippen molar-refractivity contribution in [2.75, 3.05) is 10.7 Å². The number of aromatic nitrogens is 2. The van der Waals surface area contributed by atoms with Crippen LogP contribution in [-0.4, -0.2) is 32.2 Å². The highest BCUT2D eigenvalue weighted by Crippen LogP contribution is 2.29. The van der Waals surface area contributed by atoms with E-state index in [2.05, 4.69) is 10.2 Å². The fraction of sp³-hybridized carbons (Fsp3) is 0.286. The van der Waals surface area contributed by atoms with Crippen molar-refractivity contribution in [3.63, 3.8) is 0 Å². The first-order valence-corrected chi connectivity index (χ1v) is 9.40. The Kier molecular flexibility index (Phi) is 5.04. The molecule has 1 aliphatic rings. The normalized spacial score (nSPS) is 16.3. The van der Waals surface area contributed by atoms with Crippen LogP contribution in [-0.2, 0) is 19.6 Å². The molecular formula is C21H23N5O3. The Hall–Kier alpha value is -3.23. The Morgan fingerprint density at radius 2 is 1.79 bits per heavy atom. The summed E-state index contributed by atoms with van der Waals surface area (Å²) >= 11 is 0. The summed E-state index contributed by atoms with van der Waals surface area (Å²) in [7, 11) is 0. The van der Waals surface area contributed by atoms with E-state index < -0.39 is 0 Å². The molecule has 0 aliphatic carbocycles. The van der Waals surface area contributed by atoms with Crippen LogP contribution in [0.25, 0.3) is 0 Å². The highest BCUT2D eigenvalue weighted by Gasteiger charge is 2.28. The Labute approximate surface area is 168 Å². The van der Waals surface area contributed by atoms with Crippen LogP contribution in [0.2, 0.25) is 0 Å². The molecule has 1 atom stereocenters. The molecule has 1 unspecified atom stereocenters. The number of hydrazone groups is 1. The van der Waals surface area contributed by atoms with Crippen molar-refractivity contribution in [2.45, 2.75) is 39.5 Å². The molecule has 0 saturated carbocycles. The van der Waals surface area contributed by atoms with Gasteiger partial charge < -0.3 is 20.4 Å². The van der Waals surface area contributed by atoms with Gasteiger partial charge in [0.25, 0.3) is 0 Å². The van der Waals surface area contributed by atoms with Crippen LogP contribution in [0.5, 0.6) is 0 Å². The summed E-state index contributed by atoms with van der Waals surface area (Å²) in [5.41, 5.74) is 11.4. The van der Waals surface area contributed by atoms with Gasteiger partial charge in [-0.2, -0.15) is 5.10 Å². The molecule has 150 valence electrons. The predicted octanol–water partition coefficient (Wildman–Crippen LogP) is 2.15. The van der Waals surface area contributed by atoms with E-state index in [0.29, 0.717) is 40.9 Å². The Morgan fingerprint density at radius 3 is 2.41 bits per heavy atom. The molecule has 8 nitrogen and oxygen atoms in total. The molecule has 1 aliphatic heterocycles. The zero-order valence-corrected chi connectivity index (χ0v) is 16.3. The SMILES string of the molecule is Cc1nnc(N2N=C(c3ccc(N)cc3)c3cc(CO)c(CO)cc3CC2C)o1. The number of benzene rings is 2. The fourth-order valence-corrected chi connectivity index (χ4v) is 3.55. The number of rotatable bonds is 4. The van der Waals surface area contributed by atoms with Gasteiger partial charge in [0.15, 0.2) is 0 Å². The molecule has 4 N–H and O–H groups in total. The predicted molar refractivity (Wildman–Crippen MR) is 109 cm³/mol. The van der Waals surface area contributed by atoms with Gasteiger partial charge in [-0.25, -0.2) is 5.01 Å². The van der Waals surface area contributed by atoms with Crippen molar-refractivity contribution < 1.29 is 14.6 Å². The van der Waals surface area contributed by atoms with E-state index in [4.69, 9.17) is 15.3 Å². The summed E-state index contributed by atoms with van der Waals surface area (Å²) < 4.78 is 5.64. The summed E-state index contributed by atoms with van der Waals surface area (Å²) in [5, 5.41) is 34.2. The highest BCUT2D eigenvalue weighted by atomic mass is 16.4. The second-order valence-corrected chi connectivity index (χ2v) is 7.17. The number of hydrogen-bond acceptors (Lipinski definition) is 8. The van der Waals surface area contributed by atoms with Gasteiger partial charge >= 0.3 is 6.01 Å². The second-order valence-electron chi connectivity index (χ2n) is 7.17. The average Bonchev–Trinajstić information content (AvgIpc) is 3.09. The highest BCUT2D eigenvalue weighted by molar-refractivity contribution is 6.14. The standard InChI is InChI=1S/C21H23N5O3/c1-12-7-15-8-16(10-27)17(11-28)9-19(15)20(14-3-5-18(22)6-4-14)25-26(12)21-24-23-13(2)29-21/h3-6,8-9,12,27-28H,7,10-11,22H2,1-2H3. The molecule has 4 rings (SSSR count). The number of anilines is 2. The van der Waals surface area contributed by atoms with E-state index >= 15 is 0 Å². The van der Waals surface area contributed by atoms with Gasteiger partial charge in [0.2, 0.25) is 5.89 Å². The van der Waals surface area contributed by atoms with E-state index in [1.54, 1.807) is 11.9 Å². The topological polar surface area (TPSA) is 121 Å². The molecule has 2 heterocycles. The van der Waals surface area contributed by atoms with Crippen molar-refractivity contribution in [3.8, 4) is 0 Å². The number of hydrogen-bond donors (Lipinski definition) is 3. The largest absolute Gasteiger partial charge is 0.407 e. The molecule has 0 spiro atoms. The summed E-state index contributed by atoms with van der Waals surface area (Å²) in [6.45, 7) is 3.45. The summed E-state index contributed by atoms with van der Waals surface area (Å²) in [4.78, 5) is 0. The minimum Gasteiger partial charge on any atom is -0.407 e. The van der Waals surface area contributed by atoms with Gasteiger partial charge in [0, 0.05) is 23.7 Å². The first-order valence-electron chi connectivity index (χ1n) is 9.40. The van der Waals surface area contributed by atoms with Crippen molar-refractivity contribution in [1.82, 2.24) is 10.2 Å². The zero-order valence-electron chi connectivity index (χ0n) is 16.3. The van der Waals surface area contributed by atoms with Crippen molar-refractivity contribution in [2.24, 2.45) is 5.10 Å². The molecule has 2 aromatic carbocycles. The van der Waals surface area contributed by atoms with Crippen LogP contribution in [0, 0.1) is 6.92 Å². The fourth-order valence-electron chi connectivity index (χ4n) is 3.55. The molecule has 3 aromatic rings. The lowest BCUT2D eigenvalue weighted by atomic mass is 9.90. The third kappa shape index (κ3) is 3.59. The van der Waals surface area contributed by atoms with Crippen LogP contribution in [0.4, 0.5) is 11.7 Å². The number of aliphatic hydroxyl groups excluding tert-OH is 2. The molecule has 0 bridgehead atoms. The third-order valence-corrected chi connectivity index (χ3v) is 5.06. The van der Waals surface area contributed by atoms with Gasteiger partial charge in [-0.1, -0.05) is 23.3 Å². The minimum atomic E-state index is -0.166. The number of aryl methyl sites for hydroxylation is 1. The van der Waals surface area contributed by atoms with Gasteiger partial charge in [-0.3, -0.25) is 0 Å². The molecule has 0 radical (unpaired) electrons. The maximum Gasteiger partial charge on any atom is 0.339 e. The van der Waals surface area contributed by atoms with Gasteiger partial charge in [-0.15, -0.1) is 5.10 Å². The Bertz CT molecular complexity index is 1060. The molecule has 8 heteroatoms. The molecular weight excluding hydrogens is 370 g/mol. The van der Waals surface area contributed by atoms with Crippen LogP contribution in [0.1, 0.15) is 40.6 Å². The van der Waals surface area contributed by atoms with Crippen LogP contribution >= 0.6 is 0 Å². The van der Waals surface area contributed by atoms with E-state index in [9.17, 15) is 10.2 Å². The van der Waals surface area contributed by atoms with Gasteiger partial charge in [0.05, 0.1) is 25.0 Å².